The maximum absolute atomic E-state index is 14.9. The monoisotopic (exact) mass is 632 g/mol. The van der Waals surface area contributed by atoms with E-state index in [9.17, 15) is 36.3 Å². The van der Waals surface area contributed by atoms with Crippen LogP contribution >= 0.6 is 11.6 Å². The molecular weight excluding hydrogens is 599 g/mol. The molecular formula is C28H34ClF5N6O3. The Hall–Kier alpha value is -3.65. The topological polar surface area (TPSA) is 120 Å². The second-order valence-corrected chi connectivity index (χ2v) is 11.1. The van der Waals surface area contributed by atoms with Crippen molar-refractivity contribution in [3.63, 3.8) is 0 Å². The molecule has 1 aliphatic heterocycles. The van der Waals surface area contributed by atoms with Gasteiger partial charge in [-0.2, -0.15) is 13.2 Å². The highest BCUT2D eigenvalue weighted by Gasteiger charge is 2.33. The normalized spacial score (nSPS) is 15.8. The van der Waals surface area contributed by atoms with Gasteiger partial charge in [-0.25, -0.2) is 13.6 Å². The van der Waals surface area contributed by atoms with E-state index in [1.807, 2.05) is 23.6 Å². The number of nitrogens with two attached hydrogens (primary N) is 1. The number of rotatable bonds is 11. The molecule has 0 radical (unpaired) electrons. The van der Waals surface area contributed by atoms with Crippen molar-refractivity contribution in [1.82, 2.24) is 15.5 Å². The number of anilines is 2. The van der Waals surface area contributed by atoms with Gasteiger partial charge in [0.2, 0.25) is 5.91 Å². The Morgan fingerprint density at radius 2 is 1.79 bits per heavy atom. The number of piperazine rings is 1. The number of alkyl halides is 3. The molecule has 9 nitrogen and oxygen atoms in total. The van der Waals surface area contributed by atoms with E-state index in [4.69, 9.17) is 17.3 Å². The molecule has 43 heavy (non-hydrogen) atoms. The molecule has 0 aromatic heterocycles. The molecule has 2 aromatic rings. The average Bonchev–Trinajstić information content (AvgIpc) is 2.92. The summed E-state index contributed by atoms with van der Waals surface area (Å²) in [5.41, 5.74) is 4.83. The molecule has 1 atom stereocenters. The zero-order valence-corrected chi connectivity index (χ0v) is 24.4. The molecule has 1 aliphatic rings. The van der Waals surface area contributed by atoms with Crippen molar-refractivity contribution in [2.45, 2.75) is 45.5 Å². The third kappa shape index (κ3) is 9.95. The molecule has 1 heterocycles. The second-order valence-electron chi connectivity index (χ2n) is 10.6. The third-order valence-corrected chi connectivity index (χ3v) is 7.12. The van der Waals surface area contributed by atoms with E-state index >= 15 is 0 Å². The first kappa shape index (κ1) is 33.8. The zero-order valence-electron chi connectivity index (χ0n) is 23.7. The molecule has 1 saturated heterocycles. The molecule has 0 aliphatic carbocycles. The van der Waals surface area contributed by atoms with Gasteiger partial charge in [-0.15, -0.1) is 0 Å². The van der Waals surface area contributed by atoms with Gasteiger partial charge >= 0.3 is 12.2 Å². The Kier molecular flexibility index (Phi) is 11.6. The Labute approximate surface area is 250 Å². The van der Waals surface area contributed by atoms with Gasteiger partial charge in [0.1, 0.15) is 0 Å². The van der Waals surface area contributed by atoms with Crippen molar-refractivity contribution in [3.05, 3.63) is 58.1 Å². The van der Waals surface area contributed by atoms with Crippen molar-refractivity contribution in [3.8, 4) is 0 Å². The van der Waals surface area contributed by atoms with E-state index in [1.54, 1.807) is 6.07 Å². The summed E-state index contributed by atoms with van der Waals surface area (Å²) in [5, 5.41) is 7.31. The number of amides is 4. The Bertz CT molecular complexity index is 1330. The SMILES string of the molecule is CC(C)C[C@H]1CN(c2cc(Cl)ccc2NC(=O)c2ccc(CNC(=O)CNC(N)=O)c(F)c2F)CCN1CCC(F)(F)F. The van der Waals surface area contributed by atoms with E-state index in [-0.39, 0.29) is 29.8 Å². The Morgan fingerprint density at radius 3 is 2.44 bits per heavy atom. The number of urea groups is 1. The molecule has 15 heteroatoms. The van der Waals surface area contributed by atoms with Crippen LogP contribution in [0.3, 0.4) is 0 Å². The number of hydrogen-bond donors (Lipinski definition) is 4. The van der Waals surface area contributed by atoms with Crippen molar-refractivity contribution < 1.29 is 36.3 Å². The fourth-order valence-electron chi connectivity index (χ4n) is 4.83. The lowest BCUT2D eigenvalue weighted by atomic mass is 9.99. The molecule has 4 amide bonds. The summed E-state index contributed by atoms with van der Waals surface area (Å²) in [6, 6.07) is 5.74. The summed E-state index contributed by atoms with van der Waals surface area (Å²) in [4.78, 5) is 39.2. The maximum Gasteiger partial charge on any atom is 0.390 e. The van der Waals surface area contributed by atoms with Crippen molar-refractivity contribution in [2.75, 3.05) is 42.9 Å². The van der Waals surface area contributed by atoms with E-state index in [0.29, 0.717) is 36.8 Å². The molecule has 3 rings (SSSR count). The zero-order chi connectivity index (χ0) is 31.9. The molecule has 0 bridgehead atoms. The second kappa shape index (κ2) is 14.7. The first-order chi connectivity index (χ1) is 20.1. The van der Waals surface area contributed by atoms with Crippen LogP contribution in [0.25, 0.3) is 0 Å². The Morgan fingerprint density at radius 1 is 1.07 bits per heavy atom. The van der Waals surface area contributed by atoms with Gasteiger partial charge in [0, 0.05) is 49.4 Å². The number of primary amides is 1. The largest absolute Gasteiger partial charge is 0.390 e. The third-order valence-electron chi connectivity index (χ3n) is 6.89. The van der Waals surface area contributed by atoms with E-state index in [0.717, 1.165) is 12.1 Å². The highest BCUT2D eigenvalue weighted by Crippen LogP contribution is 2.33. The van der Waals surface area contributed by atoms with Crippen molar-refractivity contribution >= 4 is 40.8 Å². The minimum absolute atomic E-state index is 0.122. The molecule has 0 saturated carbocycles. The number of carbonyl (C=O) groups is 3. The van der Waals surface area contributed by atoms with Crippen molar-refractivity contribution in [1.29, 1.82) is 0 Å². The van der Waals surface area contributed by atoms with Crippen LogP contribution in [0.5, 0.6) is 0 Å². The van der Waals surface area contributed by atoms with Gasteiger partial charge in [0.25, 0.3) is 5.91 Å². The van der Waals surface area contributed by atoms with Crippen LogP contribution in [0.1, 0.15) is 42.6 Å². The predicted molar refractivity (Wildman–Crippen MR) is 153 cm³/mol. The lowest BCUT2D eigenvalue weighted by molar-refractivity contribution is -0.139. The van der Waals surface area contributed by atoms with E-state index < -0.39 is 60.7 Å². The smallest absolute Gasteiger partial charge is 0.367 e. The van der Waals surface area contributed by atoms with Crippen LogP contribution in [0.15, 0.2) is 30.3 Å². The van der Waals surface area contributed by atoms with Gasteiger partial charge in [-0.3, -0.25) is 14.5 Å². The van der Waals surface area contributed by atoms with Gasteiger partial charge in [-0.1, -0.05) is 31.5 Å². The molecule has 5 N–H and O–H groups in total. The van der Waals surface area contributed by atoms with Crippen molar-refractivity contribution in [2.24, 2.45) is 11.7 Å². The van der Waals surface area contributed by atoms with Gasteiger partial charge < -0.3 is 26.6 Å². The molecule has 1 fully saturated rings. The fourth-order valence-corrected chi connectivity index (χ4v) is 5.00. The number of halogens is 6. The standard InChI is InChI=1S/C28H34ClF5N6O3/c1-16(2)11-19-15-40(10-9-39(19)8-7-28(32,33)34)22-12-18(29)4-6-21(22)38-26(42)20-5-3-17(24(30)25(20)31)13-36-23(41)14-37-27(35)43/h3-6,12,16,19H,7-11,13-15H2,1-2H3,(H,36,41)(H,38,42)(H3,35,37,43)/t19-/m0/s1. The van der Waals surface area contributed by atoms with Crippen LogP contribution in [-0.4, -0.2) is 67.7 Å². The first-order valence-corrected chi connectivity index (χ1v) is 14.0. The highest BCUT2D eigenvalue weighted by atomic mass is 35.5. The van der Waals surface area contributed by atoms with Crippen LogP contribution in [0.4, 0.5) is 38.1 Å². The Balaban J connectivity index is 1.76. The summed E-state index contributed by atoms with van der Waals surface area (Å²) in [5.74, 6) is -4.17. The minimum atomic E-state index is -4.27. The molecule has 236 valence electrons. The first-order valence-electron chi connectivity index (χ1n) is 13.6. The van der Waals surface area contributed by atoms with Gasteiger partial charge in [0.15, 0.2) is 11.6 Å². The van der Waals surface area contributed by atoms with Gasteiger partial charge in [-0.05, 0) is 36.6 Å². The van der Waals surface area contributed by atoms with Crippen LogP contribution in [-0.2, 0) is 11.3 Å². The fraction of sp³-hybridized carbons (Fsp3) is 0.464. The summed E-state index contributed by atoms with van der Waals surface area (Å²) < 4.78 is 68.5. The van der Waals surface area contributed by atoms with Gasteiger partial charge in [0.05, 0.1) is 29.9 Å². The van der Waals surface area contributed by atoms with Crippen LogP contribution in [0, 0.1) is 17.6 Å². The van der Waals surface area contributed by atoms with Crippen LogP contribution in [0.2, 0.25) is 5.02 Å². The quantitative estimate of drug-likeness (QED) is 0.269. The number of nitrogens with one attached hydrogen (secondary N) is 3. The maximum atomic E-state index is 14.9. The van der Waals surface area contributed by atoms with E-state index in [2.05, 4.69) is 16.0 Å². The number of nitrogens with zero attached hydrogens (tertiary/aromatic N) is 2. The minimum Gasteiger partial charge on any atom is -0.367 e. The molecule has 0 unspecified atom stereocenters. The average molecular weight is 633 g/mol. The van der Waals surface area contributed by atoms with E-state index in [1.165, 1.54) is 12.1 Å². The lowest BCUT2D eigenvalue weighted by Crippen LogP contribution is -2.54. The lowest BCUT2D eigenvalue weighted by Gasteiger charge is -2.43. The van der Waals surface area contributed by atoms with Crippen LogP contribution < -0.4 is 26.6 Å². The summed E-state index contributed by atoms with van der Waals surface area (Å²) in [6.07, 6.45) is -4.54. The highest BCUT2D eigenvalue weighted by molar-refractivity contribution is 6.31. The summed E-state index contributed by atoms with van der Waals surface area (Å²) >= 11 is 6.25. The molecule has 0 spiro atoms. The predicted octanol–water partition coefficient (Wildman–Crippen LogP) is 4.64. The summed E-state index contributed by atoms with van der Waals surface area (Å²) in [6.45, 7) is 4.07. The summed E-state index contributed by atoms with van der Waals surface area (Å²) in [7, 11) is 0. The number of benzene rings is 2. The molecule has 2 aromatic carbocycles. The number of hydrogen-bond acceptors (Lipinski definition) is 5. The number of carbonyl (C=O) groups excluding carboxylic acids is 3.